The fraction of sp³-hybridized carbons (Fsp3) is 0.250. The maximum Gasteiger partial charge on any atom is 0.120 e. The summed E-state index contributed by atoms with van der Waals surface area (Å²) in [4.78, 5) is 4.07. The molecular weight excluding hydrogens is 190 g/mol. The van der Waals surface area contributed by atoms with Crippen LogP contribution in [0.4, 0.5) is 0 Å². The first kappa shape index (κ1) is 8.68. The largest absolute Gasteiger partial charge is 0.491 e. The number of epoxide rings is 1. The van der Waals surface area contributed by atoms with Crippen LogP contribution in [0.5, 0.6) is 5.75 Å². The standard InChI is InChI=1S/C12H11NO2/c1-2-11(14-7-12-8-15-12)5-9-3-4-13-6-10(1)9/h1-6,12H,7-8H2. The fourth-order valence-electron chi connectivity index (χ4n) is 1.50. The van der Waals surface area contributed by atoms with E-state index in [2.05, 4.69) is 4.98 Å². The van der Waals surface area contributed by atoms with Crippen LogP contribution in [0.15, 0.2) is 36.7 Å². The number of hydrogen-bond donors (Lipinski definition) is 0. The molecule has 1 saturated heterocycles. The molecule has 2 heterocycles. The van der Waals surface area contributed by atoms with E-state index in [4.69, 9.17) is 9.47 Å². The molecule has 15 heavy (non-hydrogen) atoms. The van der Waals surface area contributed by atoms with Crippen molar-refractivity contribution in [1.29, 1.82) is 0 Å². The highest BCUT2D eigenvalue weighted by molar-refractivity contribution is 5.82. The number of pyridine rings is 1. The van der Waals surface area contributed by atoms with Crippen molar-refractivity contribution < 1.29 is 9.47 Å². The minimum Gasteiger partial charge on any atom is -0.491 e. The summed E-state index contributed by atoms with van der Waals surface area (Å²) in [5.41, 5.74) is 0. The topological polar surface area (TPSA) is 34.6 Å². The van der Waals surface area contributed by atoms with E-state index < -0.39 is 0 Å². The van der Waals surface area contributed by atoms with Crippen LogP contribution in [-0.2, 0) is 4.74 Å². The smallest absolute Gasteiger partial charge is 0.120 e. The Morgan fingerprint density at radius 1 is 1.33 bits per heavy atom. The van der Waals surface area contributed by atoms with Gasteiger partial charge in [0.2, 0.25) is 0 Å². The van der Waals surface area contributed by atoms with E-state index in [0.29, 0.717) is 12.7 Å². The molecule has 3 heteroatoms. The Kier molecular flexibility index (Phi) is 2.03. The van der Waals surface area contributed by atoms with Crippen molar-refractivity contribution in [3.8, 4) is 5.75 Å². The lowest BCUT2D eigenvalue weighted by Crippen LogP contribution is -2.03. The SMILES string of the molecule is c1cc2cc(OCC3CO3)ccc2cn1. The van der Waals surface area contributed by atoms with E-state index in [1.165, 1.54) is 0 Å². The Bertz CT molecular complexity index is 480. The molecule has 0 bridgehead atoms. The Labute approximate surface area is 87.6 Å². The molecule has 1 aliphatic rings. The van der Waals surface area contributed by atoms with Crippen LogP contribution in [0.25, 0.3) is 10.8 Å². The van der Waals surface area contributed by atoms with E-state index in [1.807, 2.05) is 30.5 Å². The first-order valence-electron chi connectivity index (χ1n) is 5.00. The van der Waals surface area contributed by atoms with Crippen LogP contribution in [0.1, 0.15) is 0 Å². The molecule has 2 aromatic rings. The summed E-state index contributed by atoms with van der Waals surface area (Å²) in [5, 5.41) is 2.28. The van der Waals surface area contributed by atoms with Gasteiger partial charge in [0.15, 0.2) is 0 Å². The summed E-state index contributed by atoms with van der Waals surface area (Å²) < 4.78 is 10.7. The molecule has 76 valence electrons. The Morgan fingerprint density at radius 2 is 2.27 bits per heavy atom. The maximum absolute atomic E-state index is 5.59. The number of nitrogens with zero attached hydrogens (tertiary/aromatic N) is 1. The van der Waals surface area contributed by atoms with Crippen molar-refractivity contribution in [2.45, 2.75) is 6.10 Å². The second-order valence-electron chi connectivity index (χ2n) is 3.65. The number of aromatic nitrogens is 1. The lowest BCUT2D eigenvalue weighted by molar-refractivity contribution is 0.263. The predicted octanol–water partition coefficient (Wildman–Crippen LogP) is 2.01. The van der Waals surface area contributed by atoms with Gasteiger partial charge in [-0.3, -0.25) is 4.98 Å². The first-order chi connectivity index (χ1) is 7.42. The van der Waals surface area contributed by atoms with Gasteiger partial charge in [-0.25, -0.2) is 0 Å². The van der Waals surface area contributed by atoms with Crippen molar-refractivity contribution in [1.82, 2.24) is 4.98 Å². The molecule has 1 unspecified atom stereocenters. The van der Waals surface area contributed by atoms with E-state index in [1.54, 1.807) is 6.20 Å². The third-order valence-corrected chi connectivity index (χ3v) is 2.45. The summed E-state index contributed by atoms with van der Waals surface area (Å²) in [5.74, 6) is 0.893. The van der Waals surface area contributed by atoms with E-state index in [9.17, 15) is 0 Å². The molecule has 3 nitrogen and oxygen atoms in total. The summed E-state index contributed by atoms with van der Waals surface area (Å²) in [6, 6.07) is 7.99. The summed E-state index contributed by atoms with van der Waals surface area (Å²) >= 11 is 0. The molecule has 0 aliphatic carbocycles. The second-order valence-corrected chi connectivity index (χ2v) is 3.65. The van der Waals surface area contributed by atoms with Gasteiger partial charge in [0.25, 0.3) is 0 Å². The van der Waals surface area contributed by atoms with Crippen molar-refractivity contribution >= 4 is 10.8 Å². The molecule has 1 fully saturated rings. The molecule has 1 aromatic carbocycles. The second kappa shape index (κ2) is 3.51. The zero-order chi connectivity index (χ0) is 10.1. The molecule has 3 rings (SSSR count). The zero-order valence-electron chi connectivity index (χ0n) is 8.22. The van der Waals surface area contributed by atoms with Crippen molar-refractivity contribution in [3.63, 3.8) is 0 Å². The monoisotopic (exact) mass is 201 g/mol. The van der Waals surface area contributed by atoms with Gasteiger partial charge < -0.3 is 9.47 Å². The normalized spacial score (nSPS) is 19.1. The molecule has 0 N–H and O–H groups in total. The van der Waals surface area contributed by atoms with Crippen LogP contribution in [-0.4, -0.2) is 24.3 Å². The number of hydrogen-bond acceptors (Lipinski definition) is 3. The molecule has 0 spiro atoms. The molecule has 0 radical (unpaired) electrons. The fourth-order valence-corrected chi connectivity index (χ4v) is 1.50. The minimum atomic E-state index is 0.304. The van der Waals surface area contributed by atoms with Crippen LogP contribution < -0.4 is 4.74 Å². The van der Waals surface area contributed by atoms with Crippen LogP contribution in [0.3, 0.4) is 0 Å². The summed E-state index contributed by atoms with van der Waals surface area (Å²) in [6.07, 6.45) is 3.94. The van der Waals surface area contributed by atoms with Gasteiger partial charge in [0.05, 0.1) is 6.61 Å². The highest BCUT2D eigenvalue weighted by Gasteiger charge is 2.22. The molecule has 1 aromatic heterocycles. The predicted molar refractivity (Wildman–Crippen MR) is 57.0 cm³/mol. The van der Waals surface area contributed by atoms with Crippen LogP contribution in [0, 0.1) is 0 Å². The Hall–Kier alpha value is -1.61. The number of benzene rings is 1. The average molecular weight is 201 g/mol. The highest BCUT2D eigenvalue weighted by Crippen LogP contribution is 2.21. The maximum atomic E-state index is 5.59. The molecule has 0 saturated carbocycles. The average Bonchev–Trinajstić information content (AvgIpc) is 3.10. The van der Waals surface area contributed by atoms with Crippen LogP contribution >= 0.6 is 0 Å². The number of fused-ring (bicyclic) bond motifs is 1. The van der Waals surface area contributed by atoms with Gasteiger partial charge in [-0.15, -0.1) is 0 Å². The van der Waals surface area contributed by atoms with E-state index in [0.717, 1.165) is 23.1 Å². The van der Waals surface area contributed by atoms with E-state index >= 15 is 0 Å². The highest BCUT2D eigenvalue weighted by atomic mass is 16.6. The Morgan fingerprint density at radius 3 is 3.13 bits per heavy atom. The van der Waals surface area contributed by atoms with E-state index in [-0.39, 0.29) is 0 Å². The van der Waals surface area contributed by atoms with Gasteiger partial charge >= 0.3 is 0 Å². The quantitative estimate of drug-likeness (QED) is 0.712. The van der Waals surface area contributed by atoms with Gasteiger partial charge in [0.1, 0.15) is 18.5 Å². The minimum absolute atomic E-state index is 0.304. The molecule has 0 amide bonds. The zero-order valence-corrected chi connectivity index (χ0v) is 8.22. The van der Waals surface area contributed by atoms with Crippen LogP contribution in [0.2, 0.25) is 0 Å². The number of ether oxygens (including phenoxy) is 2. The van der Waals surface area contributed by atoms with Gasteiger partial charge in [-0.2, -0.15) is 0 Å². The first-order valence-corrected chi connectivity index (χ1v) is 5.00. The van der Waals surface area contributed by atoms with Gasteiger partial charge in [0, 0.05) is 17.8 Å². The third-order valence-electron chi connectivity index (χ3n) is 2.45. The Balaban J connectivity index is 1.84. The molecule has 1 atom stereocenters. The van der Waals surface area contributed by atoms with Gasteiger partial charge in [-0.05, 0) is 29.7 Å². The third kappa shape index (κ3) is 1.92. The number of rotatable bonds is 3. The van der Waals surface area contributed by atoms with Crippen molar-refractivity contribution in [2.24, 2.45) is 0 Å². The summed E-state index contributed by atoms with van der Waals surface area (Å²) in [7, 11) is 0. The van der Waals surface area contributed by atoms with Crippen molar-refractivity contribution in [3.05, 3.63) is 36.7 Å². The summed E-state index contributed by atoms with van der Waals surface area (Å²) in [6.45, 7) is 1.48. The van der Waals surface area contributed by atoms with Gasteiger partial charge in [-0.1, -0.05) is 0 Å². The molecule has 1 aliphatic heterocycles. The lowest BCUT2D eigenvalue weighted by atomic mass is 10.2. The molecular formula is C12H11NO2. The lowest BCUT2D eigenvalue weighted by Gasteiger charge is -2.04. The van der Waals surface area contributed by atoms with Crippen molar-refractivity contribution in [2.75, 3.05) is 13.2 Å².